The average Bonchev–Trinajstić information content (AvgIpc) is 2.85. The minimum atomic E-state index is -3.96. The molecule has 0 aliphatic heterocycles. The van der Waals surface area contributed by atoms with E-state index in [-0.39, 0.29) is 17.9 Å². The third-order valence-corrected chi connectivity index (χ3v) is 7.14. The van der Waals surface area contributed by atoms with E-state index in [1.165, 1.54) is 11.4 Å². The molecule has 0 fully saturated rings. The van der Waals surface area contributed by atoms with Gasteiger partial charge in [-0.1, -0.05) is 24.3 Å². The summed E-state index contributed by atoms with van der Waals surface area (Å²) in [5.41, 5.74) is 7.27. The van der Waals surface area contributed by atoms with Crippen LogP contribution in [-0.4, -0.2) is 33.9 Å². The molecule has 9 heteroatoms. The van der Waals surface area contributed by atoms with Crippen molar-refractivity contribution in [3.8, 4) is 5.75 Å². The first-order valence-electron chi connectivity index (χ1n) is 10.6. The molecule has 0 heterocycles. The van der Waals surface area contributed by atoms with E-state index in [1.54, 1.807) is 72.8 Å². The number of amides is 2. The van der Waals surface area contributed by atoms with E-state index in [2.05, 4.69) is 10.9 Å². The van der Waals surface area contributed by atoms with Crippen LogP contribution in [-0.2, 0) is 14.8 Å². The fourth-order valence-electron chi connectivity index (χ4n) is 3.19. The van der Waals surface area contributed by atoms with Crippen molar-refractivity contribution in [1.82, 2.24) is 10.9 Å². The smallest absolute Gasteiger partial charge is 0.269 e. The highest BCUT2D eigenvalue weighted by Gasteiger charge is 2.26. The van der Waals surface area contributed by atoms with Gasteiger partial charge in [0.1, 0.15) is 5.75 Å². The Morgan fingerprint density at radius 2 is 1.56 bits per heavy atom. The number of carbonyl (C=O) groups is 2. The number of nitrogens with zero attached hydrogens (tertiary/aromatic N) is 1. The summed E-state index contributed by atoms with van der Waals surface area (Å²) in [6.45, 7) is 3.62. The number of methoxy groups -OCH3 is 1. The van der Waals surface area contributed by atoms with E-state index < -0.39 is 21.8 Å². The van der Waals surface area contributed by atoms with Gasteiger partial charge in [-0.25, -0.2) is 8.42 Å². The van der Waals surface area contributed by atoms with E-state index >= 15 is 0 Å². The SMILES string of the molecule is COc1ccc(N(CCC(=O)NNC(=O)c2ccccc2)S(=O)(=O)c2ccc(C)c(C)c2)cc1. The van der Waals surface area contributed by atoms with Crippen molar-refractivity contribution in [2.45, 2.75) is 25.2 Å². The number of hydrogen-bond acceptors (Lipinski definition) is 5. The van der Waals surface area contributed by atoms with E-state index in [0.29, 0.717) is 17.0 Å². The van der Waals surface area contributed by atoms with Gasteiger partial charge in [-0.05, 0) is 73.5 Å². The first-order valence-corrected chi connectivity index (χ1v) is 12.0. The molecule has 2 amide bonds. The average molecular weight is 482 g/mol. The molecule has 0 aliphatic rings. The molecule has 8 nitrogen and oxygen atoms in total. The van der Waals surface area contributed by atoms with Gasteiger partial charge in [-0.15, -0.1) is 0 Å². The monoisotopic (exact) mass is 481 g/mol. The normalized spacial score (nSPS) is 10.9. The molecule has 0 aliphatic carbocycles. The fourth-order valence-corrected chi connectivity index (χ4v) is 4.74. The van der Waals surface area contributed by atoms with Crippen molar-refractivity contribution < 1.29 is 22.7 Å². The minimum absolute atomic E-state index is 0.129. The van der Waals surface area contributed by atoms with E-state index in [1.807, 2.05) is 13.8 Å². The summed E-state index contributed by atoms with van der Waals surface area (Å²) in [7, 11) is -2.44. The largest absolute Gasteiger partial charge is 0.497 e. The number of nitrogens with one attached hydrogen (secondary N) is 2. The van der Waals surface area contributed by atoms with Crippen molar-refractivity contribution in [2.24, 2.45) is 0 Å². The molecule has 0 bridgehead atoms. The Labute approximate surface area is 199 Å². The van der Waals surface area contributed by atoms with E-state index in [4.69, 9.17) is 4.74 Å². The third kappa shape index (κ3) is 5.93. The number of carbonyl (C=O) groups excluding carboxylic acids is 2. The standard InChI is InChI=1S/C25H27N3O5S/c1-18-9-14-23(17-19(18)2)34(31,32)28(21-10-12-22(33-3)13-11-21)16-15-24(29)26-27-25(30)20-7-5-4-6-8-20/h4-14,17H,15-16H2,1-3H3,(H,26,29)(H,27,30). The van der Waals surface area contributed by atoms with Crippen LogP contribution < -0.4 is 19.9 Å². The maximum Gasteiger partial charge on any atom is 0.269 e. The predicted octanol–water partition coefficient (Wildman–Crippen LogP) is 3.36. The second kappa shape index (κ2) is 10.8. The molecule has 0 atom stereocenters. The van der Waals surface area contributed by atoms with Gasteiger partial charge in [-0.2, -0.15) is 0 Å². The molecule has 0 radical (unpaired) electrons. The van der Waals surface area contributed by atoms with Gasteiger partial charge in [0.25, 0.3) is 15.9 Å². The summed E-state index contributed by atoms with van der Waals surface area (Å²) >= 11 is 0. The molecule has 3 aromatic rings. The topological polar surface area (TPSA) is 105 Å². The quantitative estimate of drug-likeness (QED) is 0.480. The highest BCUT2D eigenvalue weighted by atomic mass is 32.2. The third-order valence-electron chi connectivity index (χ3n) is 5.32. The van der Waals surface area contributed by atoms with Crippen LogP contribution >= 0.6 is 0 Å². The van der Waals surface area contributed by atoms with Crippen molar-refractivity contribution in [2.75, 3.05) is 18.0 Å². The summed E-state index contributed by atoms with van der Waals surface area (Å²) in [6, 6.07) is 19.9. The Bertz CT molecular complexity index is 1260. The summed E-state index contributed by atoms with van der Waals surface area (Å²) < 4.78 is 33.4. The molecule has 3 rings (SSSR count). The Morgan fingerprint density at radius 3 is 2.18 bits per heavy atom. The molecule has 0 saturated carbocycles. The summed E-state index contributed by atoms with van der Waals surface area (Å²) in [5.74, 6) is -0.421. The maximum absolute atomic E-state index is 13.5. The number of hydrogen-bond donors (Lipinski definition) is 2. The van der Waals surface area contributed by atoms with Gasteiger partial charge in [0.05, 0.1) is 17.7 Å². The molecule has 0 spiro atoms. The zero-order chi connectivity index (χ0) is 24.7. The van der Waals surface area contributed by atoms with Crippen molar-refractivity contribution in [3.05, 3.63) is 89.5 Å². The number of hydrazine groups is 1. The molecule has 0 saturated heterocycles. The van der Waals surface area contributed by atoms with Crippen LogP contribution in [0.5, 0.6) is 5.75 Å². The Kier molecular flexibility index (Phi) is 7.91. The van der Waals surface area contributed by atoms with Crippen LogP contribution in [0.1, 0.15) is 27.9 Å². The molecule has 2 N–H and O–H groups in total. The number of sulfonamides is 1. The Morgan fingerprint density at radius 1 is 0.882 bits per heavy atom. The van der Waals surface area contributed by atoms with Gasteiger partial charge in [-0.3, -0.25) is 24.7 Å². The van der Waals surface area contributed by atoms with Crippen molar-refractivity contribution in [3.63, 3.8) is 0 Å². The van der Waals surface area contributed by atoms with Gasteiger partial charge < -0.3 is 4.74 Å². The molecular weight excluding hydrogens is 454 g/mol. The van der Waals surface area contributed by atoms with Crippen LogP contribution in [0.2, 0.25) is 0 Å². The molecule has 178 valence electrons. The number of ether oxygens (including phenoxy) is 1. The number of aryl methyl sites for hydroxylation is 2. The van der Waals surface area contributed by atoms with Crippen LogP contribution in [0.15, 0.2) is 77.7 Å². The van der Waals surface area contributed by atoms with Crippen molar-refractivity contribution in [1.29, 1.82) is 0 Å². The maximum atomic E-state index is 13.5. The number of anilines is 1. The summed E-state index contributed by atoms with van der Waals surface area (Å²) in [4.78, 5) is 24.7. The lowest BCUT2D eigenvalue weighted by Crippen LogP contribution is -2.43. The van der Waals surface area contributed by atoms with E-state index in [9.17, 15) is 18.0 Å². The van der Waals surface area contributed by atoms with Crippen LogP contribution in [0.4, 0.5) is 5.69 Å². The summed E-state index contributed by atoms with van der Waals surface area (Å²) in [5, 5.41) is 0. The molecule has 0 unspecified atom stereocenters. The van der Waals surface area contributed by atoms with Crippen LogP contribution in [0.25, 0.3) is 0 Å². The lowest BCUT2D eigenvalue weighted by Gasteiger charge is -2.25. The highest BCUT2D eigenvalue weighted by molar-refractivity contribution is 7.92. The van der Waals surface area contributed by atoms with Crippen LogP contribution in [0.3, 0.4) is 0 Å². The number of benzene rings is 3. The lowest BCUT2D eigenvalue weighted by molar-refractivity contribution is -0.121. The first kappa shape index (κ1) is 24.8. The predicted molar refractivity (Wildman–Crippen MR) is 130 cm³/mol. The zero-order valence-electron chi connectivity index (χ0n) is 19.2. The molecular formula is C25H27N3O5S. The molecule has 34 heavy (non-hydrogen) atoms. The molecule has 3 aromatic carbocycles. The second-order valence-corrected chi connectivity index (χ2v) is 9.50. The van der Waals surface area contributed by atoms with Gasteiger partial charge >= 0.3 is 0 Å². The van der Waals surface area contributed by atoms with E-state index in [0.717, 1.165) is 11.1 Å². The molecule has 0 aromatic heterocycles. The zero-order valence-corrected chi connectivity index (χ0v) is 20.1. The lowest BCUT2D eigenvalue weighted by atomic mass is 10.1. The van der Waals surface area contributed by atoms with Gasteiger partial charge in [0.15, 0.2) is 0 Å². The van der Waals surface area contributed by atoms with Gasteiger partial charge in [0, 0.05) is 18.5 Å². The van der Waals surface area contributed by atoms with Crippen molar-refractivity contribution >= 4 is 27.5 Å². The Balaban J connectivity index is 1.77. The number of rotatable bonds is 8. The summed E-state index contributed by atoms with van der Waals surface area (Å²) in [6.07, 6.45) is -0.175. The highest BCUT2D eigenvalue weighted by Crippen LogP contribution is 2.27. The second-order valence-electron chi connectivity index (χ2n) is 7.64. The Hall–Kier alpha value is -3.85. The minimum Gasteiger partial charge on any atom is -0.497 e. The van der Waals surface area contributed by atoms with Gasteiger partial charge in [0.2, 0.25) is 5.91 Å². The van der Waals surface area contributed by atoms with Crippen LogP contribution in [0, 0.1) is 13.8 Å². The first-order chi connectivity index (χ1) is 16.2. The fraction of sp³-hybridized carbons (Fsp3) is 0.200.